The van der Waals surface area contributed by atoms with Crippen molar-refractivity contribution in [2.45, 2.75) is 31.6 Å². The number of thiazole rings is 1. The lowest BCUT2D eigenvalue weighted by atomic mass is 9.98. The second-order valence-corrected chi connectivity index (χ2v) is 7.34. The summed E-state index contributed by atoms with van der Waals surface area (Å²) < 4.78 is 1.23. The molecule has 24 heavy (non-hydrogen) atoms. The number of aryl methyl sites for hydroxylation is 1. The van der Waals surface area contributed by atoms with E-state index in [0.29, 0.717) is 12.3 Å². The van der Waals surface area contributed by atoms with E-state index in [1.807, 2.05) is 11.0 Å². The Kier molecular flexibility index (Phi) is 4.30. The maximum absolute atomic E-state index is 12.5. The van der Waals surface area contributed by atoms with Crippen molar-refractivity contribution in [3.8, 4) is 0 Å². The van der Waals surface area contributed by atoms with Crippen LogP contribution in [0.2, 0.25) is 0 Å². The Morgan fingerprint density at radius 1 is 1.38 bits per heavy atom. The first-order chi connectivity index (χ1) is 11.8. The molecule has 0 radical (unpaired) electrons. The SMILES string of the molecule is O=C(CCc1cnc[nH]1)N1CCCC(c2nc3ccccc3s2)C1. The van der Waals surface area contributed by atoms with E-state index in [9.17, 15) is 4.79 Å². The summed E-state index contributed by atoms with van der Waals surface area (Å²) in [6, 6.07) is 8.26. The number of rotatable bonds is 4. The van der Waals surface area contributed by atoms with Gasteiger partial charge in [-0.05, 0) is 31.4 Å². The molecule has 1 aliphatic heterocycles. The van der Waals surface area contributed by atoms with Gasteiger partial charge in [-0.25, -0.2) is 9.97 Å². The third kappa shape index (κ3) is 3.19. The highest BCUT2D eigenvalue weighted by Crippen LogP contribution is 2.33. The molecule has 5 nitrogen and oxygen atoms in total. The number of nitrogens with zero attached hydrogens (tertiary/aromatic N) is 3. The molecule has 0 spiro atoms. The predicted octanol–water partition coefficient (Wildman–Crippen LogP) is 3.36. The van der Waals surface area contributed by atoms with E-state index in [0.717, 1.165) is 43.6 Å². The number of hydrogen-bond donors (Lipinski definition) is 1. The fourth-order valence-corrected chi connectivity index (χ4v) is 4.38. The lowest BCUT2D eigenvalue weighted by molar-refractivity contribution is -0.132. The van der Waals surface area contributed by atoms with Crippen LogP contribution in [-0.4, -0.2) is 38.8 Å². The summed E-state index contributed by atoms with van der Waals surface area (Å²) in [6.45, 7) is 1.66. The van der Waals surface area contributed by atoms with E-state index >= 15 is 0 Å². The molecule has 3 heterocycles. The number of hydrogen-bond acceptors (Lipinski definition) is 4. The first-order valence-electron chi connectivity index (χ1n) is 8.40. The van der Waals surface area contributed by atoms with Crippen LogP contribution in [0.5, 0.6) is 0 Å². The van der Waals surface area contributed by atoms with Crippen molar-refractivity contribution in [2.24, 2.45) is 0 Å². The van der Waals surface area contributed by atoms with Gasteiger partial charge in [0.2, 0.25) is 5.91 Å². The molecule has 1 amide bonds. The number of carbonyl (C=O) groups excluding carboxylic acids is 1. The molecule has 1 N–H and O–H groups in total. The van der Waals surface area contributed by atoms with E-state index in [4.69, 9.17) is 4.98 Å². The molecule has 124 valence electrons. The molecule has 0 saturated carbocycles. The quantitative estimate of drug-likeness (QED) is 0.792. The molecule has 1 aliphatic rings. The summed E-state index contributed by atoms with van der Waals surface area (Å²) in [5, 5.41) is 1.17. The van der Waals surface area contributed by atoms with Crippen LogP contribution >= 0.6 is 11.3 Å². The van der Waals surface area contributed by atoms with Gasteiger partial charge in [-0.15, -0.1) is 11.3 Å². The van der Waals surface area contributed by atoms with E-state index < -0.39 is 0 Å². The van der Waals surface area contributed by atoms with Gasteiger partial charge in [0, 0.05) is 37.3 Å². The molecule has 3 aromatic rings. The number of carbonyl (C=O) groups is 1. The predicted molar refractivity (Wildman–Crippen MR) is 95.1 cm³/mol. The van der Waals surface area contributed by atoms with Crippen molar-refractivity contribution < 1.29 is 4.79 Å². The van der Waals surface area contributed by atoms with Gasteiger partial charge >= 0.3 is 0 Å². The number of fused-ring (bicyclic) bond motifs is 1. The van der Waals surface area contributed by atoms with Crippen LogP contribution in [0, 0.1) is 0 Å². The zero-order chi connectivity index (χ0) is 16.4. The number of benzene rings is 1. The van der Waals surface area contributed by atoms with E-state index in [1.54, 1.807) is 23.9 Å². The maximum Gasteiger partial charge on any atom is 0.222 e. The number of aromatic nitrogens is 3. The van der Waals surface area contributed by atoms with Gasteiger partial charge in [-0.2, -0.15) is 0 Å². The van der Waals surface area contributed by atoms with Crippen LogP contribution < -0.4 is 0 Å². The van der Waals surface area contributed by atoms with Gasteiger partial charge < -0.3 is 9.88 Å². The molecule has 1 saturated heterocycles. The molecule has 1 unspecified atom stereocenters. The molecule has 0 bridgehead atoms. The number of piperidine rings is 1. The summed E-state index contributed by atoms with van der Waals surface area (Å²) in [5.74, 6) is 0.600. The first-order valence-corrected chi connectivity index (χ1v) is 9.22. The molecular formula is C18H20N4OS. The number of aromatic amines is 1. The number of H-pyrrole nitrogens is 1. The minimum Gasteiger partial charge on any atom is -0.348 e. The average molecular weight is 340 g/mol. The van der Waals surface area contributed by atoms with Crippen LogP contribution in [0.3, 0.4) is 0 Å². The molecule has 1 aromatic carbocycles. The second-order valence-electron chi connectivity index (χ2n) is 6.28. The lowest BCUT2D eigenvalue weighted by Crippen LogP contribution is -2.39. The Morgan fingerprint density at radius 3 is 3.12 bits per heavy atom. The maximum atomic E-state index is 12.5. The number of amides is 1. The highest BCUT2D eigenvalue weighted by atomic mass is 32.1. The summed E-state index contributed by atoms with van der Waals surface area (Å²) >= 11 is 1.77. The smallest absolute Gasteiger partial charge is 0.222 e. The first kappa shape index (κ1) is 15.3. The Labute approximate surface area is 144 Å². The molecule has 0 aliphatic carbocycles. The fourth-order valence-electron chi connectivity index (χ4n) is 3.29. The highest BCUT2D eigenvalue weighted by molar-refractivity contribution is 7.18. The molecule has 1 atom stereocenters. The van der Waals surface area contributed by atoms with E-state index in [2.05, 4.69) is 28.2 Å². The van der Waals surface area contributed by atoms with Crippen LogP contribution in [0.4, 0.5) is 0 Å². The molecule has 4 rings (SSSR count). The van der Waals surface area contributed by atoms with Crippen molar-refractivity contribution in [3.63, 3.8) is 0 Å². The number of likely N-dealkylation sites (tertiary alicyclic amines) is 1. The summed E-state index contributed by atoms with van der Waals surface area (Å²) in [4.78, 5) is 26.4. The van der Waals surface area contributed by atoms with Crippen LogP contribution in [0.1, 0.15) is 35.9 Å². The van der Waals surface area contributed by atoms with Crippen molar-refractivity contribution in [1.82, 2.24) is 19.9 Å². The second kappa shape index (κ2) is 6.73. The summed E-state index contributed by atoms with van der Waals surface area (Å²) in [6.07, 6.45) is 6.87. The Morgan fingerprint density at radius 2 is 2.29 bits per heavy atom. The molecular weight excluding hydrogens is 320 g/mol. The van der Waals surface area contributed by atoms with Gasteiger partial charge in [0.15, 0.2) is 0 Å². The van der Waals surface area contributed by atoms with Gasteiger partial charge in [0.25, 0.3) is 0 Å². The van der Waals surface area contributed by atoms with Crippen molar-refractivity contribution in [3.05, 3.63) is 47.5 Å². The zero-order valence-electron chi connectivity index (χ0n) is 13.4. The normalized spacial score (nSPS) is 18.2. The van der Waals surface area contributed by atoms with Gasteiger partial charge in [0.05, 0.1) is 21.6 Å². The van der Waals surface area contributed by atoms with Crippen molar-refractivity contribution in [1.29, 1.82) is 0 Å². The van der Waals surface area contributed by atoms with Crippen LogP contribution in [0.25, 0.3) is 10.2 Å². The van der Waals surface area contributed by atoms with E-state index in [1.165, 1.54) is 9.71 Å². The van der Waals surface area contributed by atoms with Crippen LogP contribution in [-0.2, 0) is 11.2 Å². The van der Waals surface area contributed by atoms with Gasteiger partial charge in [0.1, 0.15) is 0 Å². The topological polar surface area (TPSA) is 61.9 Å². The van der Waals surface area contributed by atoms with Gasteiger partial charge in [-0.3, -0.25) is 4.79 Å². The molecule has 6 heteroatoms. The minimum absolute atomic E-state index is 0.232. The Hall–Kier alpha value is -2.21. The highest BCUT2D eigenvalue weighted by Gasteiger charge is 2.26. The largest absolute Gasteiger partial charge is 0.348 e. The lowest BCUT2D eigenvalue weighted by Gasteiger charge is -2.32. The number of imidazole rings is 1. The third-order valence-corrected chi connectivity index (χ3v) is 5.80. The third-order valence-electron chi connectivity index (χ3n) is 4.60. The minimum atomic E-state index is 0.232. The molecule has 1 fully saturated rings. The molecule has 2 aromatic heterocycles. The van der Waals surface area contributed by atoms with Crippen molar-refractivity contribution >= 4 is 27.5 Å². The Bertz CT molecular complexity index is 794. The number of para-hydroxylation sites is 1. The monoisotopic (exact) mass is 340 g/mol. The van der Waals surface area contributed by atoms with Crippen LogP contribution in [0.15, 0.2) is 36.8 Å². The Balaban J connectivity index is 1.42. The average Bonchev–Trinajstić information content (AvgIpc) is 3.29. The standard InChI is InChI=1S/C18H20N4OS/c23-17(8-7-14-10-19-12-20-14)22-9-3-4-13(11-22)18-21-15-5-1-2-6-16(15)24-18/h1-2,5-6,10,12-13H,3-4,7-9,11H2,(H,19,20). The van der Waals surface area contributed by atoms with Gasteiger partial charge in [-0.1, -0.05) is 12.1 Å². The van der Waals surface area contributed by atoms with E-state index in [-0.39, 0.29) is 5.91 Å². The fraction of sp³-hybridized carbons (Fsp3) is 0.389. The summed E-state index contributed by atoms with van der Waals surface area (Å²) in [7, 11) is 0. The summed E-state index contributed by atoms with van der Waals surface area (Å²) in [5.41, 5.74) is 2.09. The van der Waals surface area contributed by atoms with Crippen molar-refractivity contribution in [2.75, 3.05) is 13.1 Å². The zero-order valence-corrected chi connectivity index (χ0v) is 14.3. The number of nitrogens with one attached hydrogen (secondary N) is 1.